The lowest BCUT2D eigenvalue weighted by Crippen LogP contribution is -2.13. The molecule has 6 heteroatoms. The minimum Gasteiger partial charge on any atom is -0.453 e. The van der Waals surface area contributed by atoms with Crippen molar-refractivity contribution >= 4 is 45.6 Å². The first-order valence-electron chi connectivity index (χ1n) is 6.17. The van der Waals surface area contributed by atoms with Gasteiger partial charge < -0.3 is 9.72 Å². The van der Waals surface area contributed by atoms with Gasteiger partial charge in [0.1, 0.15) is 5.69 Å². The van der Waals surface area contributed by atoms with E-state index in [2.05, 4.69) is 4.98 Å². The third-order valence-electron chi connectivity index (χ3n) is 2.93. The monoisotopic (exact) mass is 319 g/mol. The minimum atomic E-state index is -0.554. The number of hydrogen-bond acceptors (Lipinski definition) is 4. The first-order valence-corrected chi connectivity index (χ1v) is 7.36. The summed E-state index contributed by atoms with van der Waals surface area (Å²) in [5.41, 5.74) is 1.18. The minimum absolute atomic E-state index is 0.267. The van der Waals surface area contributed by atoms with Gasteiger partial charge in [0.2, 0.25) is 5.78 Å². The number of para-hydroxylation sites is 1. The van der Waals surface area contributed by atoms with E-state index in [1.165, 1.54) is 0 Å². The number of nitrogens with one attached hydrogen (secondary N) is 1. The predicted molar refractivity (Wildman–Crippen MR) is 82.2 cm³/mol. The molecule has 106 valence electrons. The van der Waals surface area contributed by atoms with Crippen molar-refractivity contribution in [3.05, 3.63) is 57.4 Å². The van der Waals surface area contributed by atoms with E-state index in [-0.39, 0.29) is 12.4 Å². The van der Waals surface area contributed by atoms with Crippen LogP contribution >= 0.6 is 22.9 Å². The number of ether oxygens (including phenoxy) is 1. The molecule has 0 radical (unpaired) electrons. The van der Waals surface area contributed by atoms with E-state index in [4.69, 9.17) is 16.3 Å². The maximum Gasteiger partial charge on any atom is 0.355 e. The van der Waals surface area contributed by atoms with E-state index in [1.54, 1.807) is 18.2 Å². The Morgan fingerprint density at radius 1 is 1.19 bits per heavy atom. The number of thiophene rings is 1. The number of aromatic nitrogens is 1. The van der Waals surface area contributed by atoms with Gasteiger partial charge in [0, 0.05) is 10.9 Å². The van der Waals surface area contributed by atoms with Crippen molar-refractivity contribution in [3.8, 4) is 0 Å². The molecule has 0 fully saturated rings. The van der Waals surface area contributed by atoms with Gasteiger partial charge in [0.15, 0.2) is 6.61 Å². The van der Waals surface area contributed by atoms with Crippen LogP contribution in [0.5, 0.6) is 0 Å². The molecule has 0 amide bonds. The van der Waals surface area contributed by atoms with E-state index < -0.39 is 5.97 Å². The van der Waals surface area contributed by atoms with Crippen LogP contribution in [-0.4, -0.2) is 23.3 Å². The summed E-state index contributed by atoms with van der Waals surface area (Å²) in [7, 11) is 0. The maximum absolute atomic E-state index is 11.9. The number of esters is 1. The predicted octanol–water partition coefficient (Wildman–Crippen LogP) is 3.92. The lowest BCUT2D eigenvalue weighted by Gasteiger charge is -2.01. The molecule has 0 atom stereocenters. The molecule has 21 heavy (non-hydrogen) atoms. The van der Waals surface area contributed by atoms with E-state index in [9.17, 15) is 9.59 Å². The first kappa shape index (κ1) is 13.9. The Hall–Kier alpha value is -2.11. The highest BCUT2D eigenvalue weighted by Crippen LogP contribution is 2.22. The Morgan fingerprint density at radius 3 is 2.71 bits per heavy atom. The zero-order valence-electron chi connectivity index (χ0n) is 10.8. The Balaban J connectivity index is 1.67. The molecule has 2 aromatic heterocycles. The number of aromatic amines is 1. The highest BCUT2D eigenvalue weighted by Gasteiger charge is 2.15. The third-order valence-corrected chi connectivity index (χ3v) is 4.20. The lowest BCUT2D eigenvalue weighted by molar-refractivity contribution is 0.0471. The molecular weight excluding hydrogens is 310 g/mol. The van der Waals surface area contributed by atoms with Crippen LogP contribution in [0.2, 0.25) is 4.34 Å². The lowest BCUT2D eigenvalue weighted by atomic mass is 10.2. The second-order valence-corrected chi connectivity index (χ2v) is 6.09. The van der Waals surface area contributed by atoms with Gasteiger partial charge in [-0.25, -0.2) is 4.79 Å². The van der Waals surface area contributed by atoms with E-state index >= 15 is 0 Å². The van der Waals surface area contributed by atoms with Crippen molar-refractivity contribution in [2.24, 2.45) is 0 Å². The molecule has 1 N–H and O–H groups in total. The second-order valence-electron chi connectivity index (χ2n) is 4.37. The van der Waals surface area contributed by atoms with Crippen LogP contribution in [0.1, 0.15) is 20.2 Å². The number of hydrogen-bond donors (Lipinski definition) is 1. The molecule has 0 saturated carbocycles. The van der Waals surface area contributed by atoms with E-state index in [1.807, 2.05) is 24.3 Å². The number of carbonyl (C=O) groups is 2. The SMILES string of the molecule is O=C(OCC(=O)c1ccc(Cl)s1)c1cc2ccccc2[nH]1. The van der Waals surface area contributed by atoms with Crippen LogP contribution in [0.25, 0.3) is 10.9 Å². The zero-order chi connectivity index (χ0) is 14.8. The fourth-order valence-corrected chi connectivity index (χ4v) is 2.89. The Labute approximate surface area is 129 Å². The molecule has 4 nitrogen and oxygen atoms in total. The maximum atomic E-state index is 11.9. The van der Waals surface area contributed by atoms with Crippen LogP contribution in [0.15, 0.2) is 42.5 Å². The van der Waals surface area contributed by atoms with Crippen LogP contribution in [-0.2, 0) is 4.74 Å². The topological polar surface area (TPSA) is 59.2 Å². The number of benzene rings is 1. The smallest absolute Gasteiger partial charge is 0.355 e. The molecule has 0 aliphatic rings. The first-order chi connectivity index (χ1) is 10.1. The number of carbonyl (C=O) groups excluding carboxylic acids is 2. The summed E-state index contributed by atoms with van der Waals surface area (Å²) in [5, 5.41) is 0.917. The summed E-state index contributed by atoms with van der Waals surface area (Å²) in [6.45, 7) is -0.301. The van der Waals surface area contributed by atoms with Crippen molar-refractivity contribution < 1.29 is 14.3 Å². The molecule has 1 aromatic carbocycles. The summed E-state index contributed by atoms with van der Waals surface area (Å²) in [4.78, 5) is 27.2. The van der Waals surface area contributed by atoms with Crippen LogP contribution in [0.3, 0.4) is 0 Å². The highest BCUT2D eigenvalue weighted by molar-refractivity contribution is 7.18. The summed E-state index contributed by atoms with van der Waals surface area (Å²) in [6.07, 6.45) is 0. The Kier molecular flexibility index (Phi) is 3.77. The fraction of sp³-hybridized carbons (Fsp3) is 0.0667. The summed E-state index contributed by atoms with van der Waals surface area (Å²) in [6, 6.07) is 12.5. The second kappa shape index (κ2) is 5.71. The zero-order valence-corrected chi connectivity index (χ0v) is 12.3. The molecule has 0 spiro atoms. The van der Waals surface area contributed by atoms with Gasteiger partial charge in [-0.05, 0) is 24.3 Å². The molecular formula is C15H10ClNO3S. The number of rotatable bonds is 4. The van der Waals surface area contributed by atoms with Crippen molar-refractivity contribution in [1.82, 2.24) is 4.98 Å². The standard InChI is InChI=1S/C15H10ClNO3S/c16-14-6-5-13(21-14)12(18)8-20-15(19)11-7-9-3-1-2-4-10(9)17-11/h1-7,17H,8H2. The number of halogens is 1. The van der Waals surface area contributed by atoms with Crippen molar-refractivity contribution in [2.75, 3.05) is 6.61 Å². The van der Waals surface area contributed by atoms with Crippen molar-refractivity contribution in [2.45, 2.75) is 0 Å². The average Bonchev–Trinajstić information content (AvgIpc) is 3.10. The van der Waals surface area contributed by atoms with Gasteiger partial charge >= 0.3 is 5.97 Å². The molecule has 3 rings (SSSR count). The Morgan fingerprint density at radius 2 is 2.00 bits per heavy atom. The normalized spacial score (nSPS) is 10.7. The van der Waals surface area contributed by atoms with Gasteiger partial charge in [-0.2, -0.15) is 0 Å². The largest absolute Gasteiger partial charge is 0.453 e. The molecule has 0 aliphatic heterocycles. The molecule has 0 unspecified atom stereocenters. The fourth-order valence-electron chi connectivity index (χ4n) is 1.93. The molecule has 2 heterocycles. The molecule has 3 aromatic rings. The van der Waals surface area contributed by atoms with Gasteiger partial charge in [-0.1, -0.05) is 29.8 Å². The quantitative estimate of drug-likeness (QED) is 0.585. The highest BCUT2D eigenvalue weighted by atomic mass is 35.5. The average molecular weight is 320 g/mol. The number of H-pyrrole nitrogens is 1. The van der Waals surface area contributed by atoms with E-state index in [0.717, 1.165) is 22.2 Å². The van der Waals surface area contributed by atoms with Crippen molar-refractivity contribution in [3.63, 3.8) is 0 Å². The van der Waals surface area contributed by atoms with Crippen LogP contribution < -0.4 is 0 Å². The molecule has 0 saturated heterocycles. The molecule has 0 bridgehead atoms. The van der Waals surface area contributed by atoms with Crippen LogP contribution in [0.4, 0.5) is 0 Å². The van der Waals surface area contributed by atoms with Gasteiger partial charge in [-0.15, -0.1) is 11.3 Å². The van der Waals surface area contributed by atoms with Crippen LogP contribution in [0, 0.1) is 0 Å². The van der Waals surface area contributed by atoms with E-state index in [0.29, 0.717) is 14.9 Å². The number of ketones is 1. The number of Topliss-reactive ketones (excluding diaryl/α,β-unsaturated/α-hetero) is 1. The summed E-state index contributed by atoms with van der Waals surface area (Å²) in [5.74, 6) is -0.821. The third kappa shape index (κ3) is 2.99. The Bertz CT molecular complexity index is 788. The molecule has 0 aliphatic carbocycles. The van der Waals surface area contributed by atoms with Gasteiger partial charge in [0.05, 0.1) is 9.21 Å². The summed E-state index contributed by atoms with van der Waals surface area (Å²) < 4.78 is 5.55. The van der Waals surface area contributed by atoms with Gasteiger partial charge in [-0.3, -0.25) is 4.79 Å². The summed E-state index contributed by atoms with van der Waals surface area (Å²) >= 11 is 6.93. The number of fused-ring (bicyclic) bond motifs is 1. The van der Waals surface area contributed by atoms with Gasteiger partial charge in [0.25, 0.3) is 0 Å². The van der Waals surface area contributed by atoms with Crippen molar-refractivity contribution in [1.29, 1.82) is 0 Å².